The Balaban J connectivity index is 1.96. The zero-order valence-electron chi connectivity index (χ0n) is 15.6. The van der Waals surface area contributed by atoms with Gasteiger partial charge in [-0.05, 0) is 38.5 Å². The number of hydrogen-bond acceptors (Lipinski definition) is 5. The number of anilines is 1. The number of aryl methyl sites for hydroxylation is 1. The molecule has 1 aromatic rings. The highest BCUT2D eigenvalue weighted by molar-refractivity contribution is 5.98. The quantitative estimate of drug-likeness (QED) is 0.660. The molecule has 2 rings (SSSR count). The first kappa shape index (κ1) is 19.8. The molecule has 7 nitrogen and oxygen atoms in total. The van der Waals surface area contributed by atoms with Crippen molar-refractivity contribution in [1.82, 2.24) is 4.90 Å². The second-order valence-corrected chi connectivity index (χ2v) is 6.08. The molecule has 0 saturated carbocycles. The maximum absolute atomic E-state index is 12.5. The molecule has 0 saturated heterocycles. The average Bonchev–Trinajstić information content (AvgIpc) is 2.61. The van der Waals surface area contributed by atoms with E-state index >= 15 is 0 Å². The van der Waals surface area contributed by atoms with Crippen LogP contribution in [0.3, 0.4) is 0 Å². The molecule has 0 aromatic heterocycles. The molecule has 0 bridgehead atoms. The predicted molar refractivity (Wildman–Crippen MR) is 97.1 cm³/mol. The zero-order valence-corrected chi connectivity index (χ0v) is 15.6. The molecule has 7 heteroatoms. The van der Waals surface area contributed by atoms with Crippen LogP contribution in [0.1, 0.15) is 32.3 Å². The summed E-state index contributed by atoms with van der Waals surface area (Å²) >= 11 is 0. The molecule has 0 fully saturated rings. The molecule has 1 aliphatic rings. The van der Waals surface area contributed by atoms with Crippen molar-refractivity contribution in [2.24, 2.45) is 0 Å². The fraction of sp³-hybridized carbons (Fsp3) is 0.526. The fourth-order valence-corrected chi connectivity index (χ4v) is 2.84. The molecule has 0 spiro atoms. The summed E-state index contributed by atoms with van der Waals surface area (Å²) < 4.78 is 10.3. The van der Waals surface area contributed by atoms with Crippen LogP contribution in [0.15, 0.2) is 18.2 Å². The van der Waals surface area contributed by atoms with Gasteiger partial charge in [-0.25, -0.2) is 0 Å². The highest BCUT2D eigenvalue weighted by atomic mass is 16.5. The average molecular weight is 362 g/mol. The van der Waals surface area contributed by atoms with Crippen LogP contribution >= 0.6 is 0 Å². The first-order chi connectivity index (χ1) is 12.5. The van der Waals surface area contributed by atoms with Crippen molar-refractivity contribution in [3.05, 3.63) is 23.8 Å². The molecule has 1 heterocycles. The third kappa shape index (κ3) is 4.97. The van der Waals surface area contributed by atoms with Crippen molar-refractivity contribution < 1.29 is 23.9 Å². The third-order valence-electron chi connectivity index (χ3n) is 4.23. The Morgan fingerprint density at radius 2 is 2.04 bits per heavy atom. The van der Waals surface area contributed by atoms with E-state index in [2.05, 4.69) is 0 Å². The molecule has 1 aromatic carbocycles. The second-order valence-electron chi connectivity index (χ2n) is 6.08. The Morgan fingerprint density at radius 1 is 1.27 bits per heavy atom. The van der Waals surface area contributed by atoms with Crippen LogP contribution in [-0.2, 0) is 19.1 Å². The number of hydrogen-bond donors (Lipinski definition) is 0. The number of esters is 1. The van der Waals surface area contributed by atoms with Gasteiger partial charge in [0.15, 0.2) is 6.61 Å². The summed E-state index contributed by atoms with van der Waals surface area (Å²) in [4.78, 5) is 39.4. The van der Waals surface area contributed by atoms with Crippen molar-refractivity contribution in [2.45, 2.75) is 33.6 Å². The first-order valence-electron chi connectivity index (χ1n) is 8.93. The van der Waals surface area contributed by atoms with Gasteiger partial charge in [0.25, 0.3) is 5.91 Å². The summed E-state index contributed by atoms with van der Waals surface area (Å²) in [6.07, 6.45) is 0.363. The second kappa shape index (κ2) is 9.22. The van der Waals surface area contributed by atoms with Gasteiger partial charge in [-0.1, -0.05) is 6.07 Å². The standard InChI is InChI=1S/C19H26N2O5/c1-4-20(10-9-19(24)25-5-2)17(22)8-11-21-15-12-14(3)6-7-16(15)26-13-18(21)23/h6-7,12H,4-5,8-11,13H2,1-3H3. The summed E-state index contributed by atoms with van der Waals surface area (Å²) in [5.74, 6) is 0.0829. The molecule has 0 atom stereocenters. The minimum atomic E-state index is -0.313. The molecular formula is C19H26N2O5. The van der Waals surface area contributed by atoms with Crippen LogP contribution < -0.4 is 9.64 Å². The van der Waals surface area contributed by atoms with E-state index in [9.17, 15) is 14.4 Å². The van der Waals surface area contributed by atoms with Gasteiger partial charge in [-0.15, -0.1) is 0 Å². The van der Waals surface area contributed by atoms with Crippen LogP contribution in [0.25, 0.3) is 0 Å². The van der Waals surface area contributed by atoms with Crippen molar-refractivity contribution in [1.29, 1.82) is 0 Å². The van der Waals surface area contributed by atoms with Gasteiger partial charge in [0.05, 0.1) is 18.7 Å². The maximum Gasteiger partial charge on any atom is 0.307 e. The van der Waals surface area contributed by atoms with Gasteiger partial charge in [-0.3, -0.25) is 14.4 Å². The van der Waals surface area contributed by atoms with E-state index in [4.69, 9.17) is 9.47 Å². The molecule has 2 amide bonds. The Hall–Kier alpha value is -2.57. The highest BCUT2D eigenvalue weighted by Crippen LogP contribution is 2.32. The maximum atomic E-state index is 12.5. The van der Waals surface area contributed by atoms with Gasteiger partial charge < -0.3 is 19.3 Å². The minimum absolute atomic E-state index is 0.0232. The van der Waals surface area contributed by atoms with Crippen LogP contribution in [0, 0.1) is 6.92 Å². The molecule has 0 N–H and O–H groups in total. The monoisotopic (exact) mass is 362 g/mol. The molecule has 1 aliphatic heterocycles. The van der Waals surface area contributed by atoms with Crippen LogP contribution in [-0.4, -0.2) is 55.5 Å². The third-order valence-corrected chi connectivity index (χ3v) is 4.23. The summed E-state index contributed by atoms with van der Waals surface area (Å²) in [6.45, 7) is 6.97. The van der Waals surface area contributed by atoms with E-state index in [1.807, 2.05) is 32.0 Å². The highest BCUT2D eigenvalue weighted by Gasteiger charge is 2.26. The lowest BCUT2D eigenvalue weighted by molar-refractivity contribution is -0.144. The number of rotatable bonds is 8. The summed E-state index contributed by atoms with van der Waals surface area (Å²) in [6, 6.07) is 5.64. The zero-order chi connectivity index (χ0) is 19.1. The largest absolute Gasteiger partial charge is 0.482 e. The van der Waals surface area contributed by atoms with E-state index in [0.717, 1.165) is 5.56 Å². The normalized spacial score (nSPS) is 13.0. The number of carbonyl (C=O) groups excluding carboxylic acids is 3. The van der Waals surface area contributed by atoms with Gasteiger partial charge in [0, 0.05) is 26.1 Å². The molecular weight excluding hydrogens is 336 g/mol. The van der Waals surface area contributed by atoms with Gasteiger partial charge in [-0.2, -0.15) is 0 Å². The Morgan fingerprint density at radius 3 is 2.73 bits per heavy atom. The molecule has 142 valence electrons. The van der Waals surface area contributed by atoms with E-state index in [1.165, 1.54) is 0 Å². The van der Waals surface area contributed by atoms with Crippen LogP contribution in [0.2, 0.25) is 0 Å². The van der Waals surface area contributed by atoms with Crippen molar-refractivity contribution in [2.75, 3.05) is 37.7 Å². The predicted octanol–water partition coefficient (Wildman–Crippen LogP) is 1.91. The fourth-order valence-electron chi connectivity index (χ4n) is 2.84. The Bertz CT molecular complexity index is 674. The molecule has 26 heavy (non-hydrogen) atoms. The van der Waals surface area contributed by atoms with Crippen molar-refractivity contribution in [3.8, 4) is 5.75 Å². The number of amides is 2. The number of ether oxygens (including phenoxy) is 2. The molecule has 0 aliphatic carbocycles. The van der Waals surface area contributed by atoms with Gasteiger partial charge in [0.1, 0.15) is 5.75 Å². The SMILES string of the molecule is CCOC(=O)CCN(CC)C(=O)CCN1C(=O)COc2ccc(C)cc21. The van der Waals surface area contributed by atoms with Gasteiger partial charge in [0.2, 0.25) is 5.91 Å². The molecule has 0 unspecified atom stereocenters. The minimum Gasteiger partial charge on any atom is -0.482 e. The van der Waals surface area contributed by atoms with Crippen LogP contribution in [0.4, 0.5) is 5.69 Å². The first-order valence-corrected chi connectivity index (χ1v) is 8.93. The van der Waals surface area contributed by atoms with E-state index in [-0.39, 0.29) is 43.8 Å². The number of benzene rings is 1. The van der Waals surface area contributed by atoms with Crippen molar-refractivity contribution in [3.63, 3.8) is 0 Å². The smallest absolute Gasteiger partial charge is 0.307 e. The number of fused-ring (bicyclic) bond motifs is 1. The summed E-state index contributed by atoms with van der Waals surface area (Å²) in [7, 11) is 0. The lowest BCUT2D eigenvalue weighted by atomic mass is 10.1. The summed E-state index contributed by atoms with van der Waals surface area (Å²) in [5.41, 5.74) is 1.71. The summed E-state index contributed by atoms with van der Waals surface area (Å²) in [5, 5.41) is 0. The molecule has 0 radical (unpaired) electrons. The van der Waals surface area contributed by atoms with E-state index < -0.39 is 0 Å². The Kier molecular flexibility index (Phi) is 7.00. The number of carbonyl (C=O) groups is 3. The lowest BCUT2D eigenvalue weighted by Crippen LogP contribution is -2.42. The topological polar surface area (TPSA) is 76.2 Å². The van der Waals surface area contributed by atoms with Crippen molar-refractivity contribution >= 4 is 23.5 Å². The Labute approximate surface area is 153 Å². The number of nitrogens with zero attached hydrogens (tertiary/aromatic N) is 2. The van der Waals surface area contributed by atoms with Crippen LogP contribution in [0.5, 0.6) is 5.75 Å². The lowest BCUT2D eigenvalue weighted by Gasteiger charge is -2.30. The van der Waals surface area contributed by atoms with E-state index in [1.54, 1.807) is 16.7 Å². The van der Waals surface area contributed by atoms with Gasteiger partial charge >= 0.3 is 5.97 Å². The van der Waals surface area contributed by atoms with E-state index in [0.29, 0.717) is 31.1 Å².